The monoisotopic (exact) mass is 184 g/mol. The number of ketones is 1. The van der Waals surface area contributed by atoms with Gasteiger partial charge in [0.25, 0.3) is 0 Å². The van der Waals surface area contributed by atoms with E-state index in [0.29, 0.717) is 16.6 Å². The van der Waals surface area contributed by atoms with Gasteiger partial charge >= 0.3 is 0 Å². The van der Waals surface area contributed by atoms with Gasteiger partial charge in [0.15, 0.2) is 11.0 Å². The molecule has 1 rings (SSSR count). The lowest BCUT2D eigenvalue weighted by atomic mass is 10.2. The third-order valence-electron chi connectivity index (χ3n) is 1.51. The van der Waals surface area contributed by atoms with E-state index >= 15 is 0 Å². The van der Waals surface area contributed by atoms with E-state index in [-0.39, 0.29) is 5.78 Å². The molecule has 0 fully saturated rings. The van der Waals surface area contributed by atoms with Gasteiger partial charge in [0.2, 0.25) is 0 Å². The van der Waals surface area contributed by atoms with Crippen LogP contribution in [0.1, 0.15) is 19.6 Å². The highest BCUT2D eigenvalue weighted by Gasteiger charge is 1.99. The average molecular weight is 185 g/mol. The van der Waals surface area contributed by atoms with Crippen LogP contribution in [-0.4, -0.2) is 5.78 Å². The summed E-state index contributed by atoms with van der Waals surface area (Å²) >= 11 is 5.54. The van der Waals surface area contributed by atoms with Crippen LogP contribution >= 0.6 is 11.6 Å². The topological polar surface area (TPSA) is 30.2 Å². The number of carbonyl (C=O) groups excluding carboxylic acids is 1. The summed E-state index contributed by atoms with van der Waals surface area (Å²) < 4.78 is 5.04. The Morgan fingerprint density at radius 1 is 1.50 bits per heavy atom. The molecule has 0 radical (unpaired) electrons. The molecule has 0 saturated carbocycles. The van der Waals surface area contributed by atoms with Gasteiger partial charge in [-0.2, -0.15) is 0 Å². The first-order valence-corrected chi connectivity index (χ1v) is 3.92. The first kappa shape index (κ1) is 9.07. The van der Waals surface area contributed by atoms with Crippen LogP contribution in [-0.2, 0) is 4.79 Å². The SMILES string of the molecule is CC(=O)/C(C)=C/c1ccc(Cl)o1. The van der Waals surface area contributed by atoms with E-state index in [4.69, 9.17) is 16.0 Å². The molecule has 12 heavy (non-hydrogen) atoms. The smallest absolute Gasteiger partial charge is 0.193 e. The van der Waals surface area contributed by atoms with Crippen LogP contribution in [0.15, 0.2) is 22.1 Å². The molecule has 0 aliphatic rings. The number of furan rings is 1. The quantitative estimate of drug-likeness (QED) is 0.662. The van der Waals surface area contributed by atoms with E-state index in [1.165, 1.54) is 6.92 Å². The summed E-state index contributed by atoms with van der Waals surface area (Å²) in [6, 6.07) is 3.36. The minimum Gasteiger partial charge on any atom is -0.445 e. The second-order valence-electron chi connectivity index (χ2n) is 2.53. The molecule has 0 bridgehead atoms. The van der Waals surface area contributed by atoms with Crippen molar-refractivity contribution in [1.82, 2.24) is 0 Å². The van der Waals surface area contributed by atoms with Crippen molar-refractivity contribution < 1.29 is 9.21 Å². The summed E-state index contributed by atoms with van der Waals surface area (Å²) in [6.45, 7) is 3.25. The summed E-state index contributed by atoms with van der Waals surface area (Å²) in [4.78, 5) is 10.8. The van der Waals surface area contributed by atoms with Crippen molar-refractivity contribution in [2.24, 2.45) is 0 Å². The normalized spacial score (nSPS) is 11.8. The van der Waals surface area contributed by atoms with Gasteiger partial charge < -0.3 is 4.42 Å². The highest BCUT2D eigenvalue weighted by Crippen LogP contribution is 2.15. The molecule has 3 heteroatoms. The van der Waals surface area contributed by atoms with Crippen LogP contribution in [0.5, 0.6) is 0 Å². The number of rotatable bonds is 2. The largest absolute Gasteiger partial charge is 0.445 e. The maximum Gasteiger partial charge on any atom is 0.193 e. The molecule has 1 aromatic heterocycles. The number of Topliss-reactive ketones (excluding diaryl/α,β-unsaturated/α-hetero) is 1. The van der Waals surface area contributed by atoms with Gasteiger partial charge in [-0.15, -0.1) is 0 Å². The Balaban J connectivity index is 2.87. The second kappa shape index (κ2) is 3.59. The molecule has 1 aromatic rings. The van der Waals surface area contributed by atoms with Crippen molar-refractivity contribution in [2.75, 3.05) is 0 Å². The molecular weight excluding hydrogens is 176 g/mol. The number of halogens is 1. The highest BCUT2D eigenvalue weighted by molar-refractivity contribution is 6.28. The van der Waals surface area contributed by atoms with Crippen LogP contribution in [0.2, 0.25) is 5.22 Å². The Morgan fingerprint density at radius 2 is 2.17 bits per heavy atom. The Morgan fingerprint density at radius 3 is 2.58 bits per heavy atom. The van der Waals surface area contributed by atoms with Crippen molar-refractivity contribution in [3.05, 3.63) is 28.7 Å². The number of hydrogen-bond donors (Lipinski definition) is 0. The molecule has 0 atom stereocenters. The van der Waals surface area contributed by atoms with Gasteiger partial charge in [-0.05, 0) is 49.2 Å². The Hall–Kier alpha value is -1.02. The van der Waals surface area contributed by atoms with Crippen LogP contribution < -0.4 is 0 Å². The summed E-state index contributed by atoms with van der Waals surface area (Å²) in [7, 11) is 0. The minimum absolute atomic E-state index is 0.0301. The fraction of sp³-hybridized carbons (Fsp3) is 0.222. The van der Waals surface area contributed by atoms with Crippen molar-refractivity contribution in [2.45, 2.75) is 13.8 Å². The van der Waals surface area contributed by atoms with E-state index < -0.39 is 0 Å². The maximum atomic E-state index is 10.8. The lowest BCUT2D eigenvalue weighted by Gasteiger charge is -1.90. The second-order valence-corrected chi connectivity index (χ2v) is 2.90. The summed E-state index contributed by atoms with van der Waals surface area (Å²) in [5, 5.41) is 0.331. The van der Waals surface area contributed by atoms with E-state index in [2.05, 4.69) is 0 Å². The zero-order valence-corrected chi connectivity index (χ0v) is 7.68. The van der Waals surface area contributed by atoms with Gasteiger partial charge in [-0.25, -0.2) is 0 Å². The molecular formula is C9H9ClO2. The van der Waals surface area contributed by atoms with Crippen LogP contribution in [0, 0.1) is 0 Å². The Kier molecular flexibility index (Phi) is 2.71. The first-order chi connectivity index (χ1) is 5.59. The molecule has 0 aliphatic heterocycles. The molecule has 2 nitrogen and oxygen atoms in total. The molecule has 0 N–H and O–H groups in total. The van der Waals surface area contributed by atoms with E-state index in [1.54, 1.807) is 25.1 Å². The van der Waals surface area contributed by atoms with Gasteiger partial charge in [-0.3, -0.25) is 4.79 Å². The van der Waals surface area contributed by atoms with Crippen molar-refractivity contribution in [1.29, 1.82) is 0 Å². The molecule has 0 unspecified atom stereocenters. The molecule has 1 heterocycles. The third-order valence-corrected chi connectivity index (χ3v) is 1.71. The number of hydrogen-bond acceptors (Lipinski definition) is 2. The molecule has 0 aromatic carbocycles. The Labute approximate surface area is 75.8 Å². The Bertz CT molecular complexity index is 323. The molecule has 0 aliphatic carbocycles. The number of allylic oxidation sites excluding steroid dienone is 1. The zero-order valence-electron chi connectivity index (χ0n) is 6.93. The molecule has 0 spiro atoms. The highest BCUT2D eigenvalue weighted by atomic mass is 35.5. The van der Waals surface area contributed by atoms with Crippen LogP contribution in [0.3, 0.4) is 0 Å². The first-order valence-electron chi connectivity index (χ1n) is 3.54. The summed E-state index contributed by atoms with van der Waals surface area (Å²) in [5.41, 5.74) is 0.654. The standard InChI is InChI=1S/C9H9ClO2/c1-6(7(2)11)5-8-3-4-9(10)12-8/h3-5H,1-2H3/b6-5+. The van der Waals surface area contributed by atoms with Crippen molar-refractivity contribution in [3.8, 4) is 0 Å². The van der Waals surface area contributed by atoms with Gasteiger partial charge in [0, 0.05) is 0 Å². The van der Waals surface area contributed by atoms with E-state index in [1.807, 2.05) is 0 Å². The van der Waals surface area contributed by atoms with Gasteiger partial charge in [0.1, 0.15) is 5.76 Å². The molecule has 64 valence electrons. The van der Waals surface area contributed by atoms with Crippen LogP contribution in [0.25, 0.3) is 6.08 Å². The van der Waals surface area contributed by atoms with Crippen molar-refractivity contribution >= 4 is 23.5 Å². The lowest BCUT2D eigenvalue weighted by Crippen LogP contribution is -1.89. The third kappa shape index (κ3) is 2.24. The zero-order chi connectivity index (χ0) is 9.14. The predicted octanol–water partition coefficient (Wildman–Crippen LogP) is 2.93. The van der Waals surface area contributed by atoms with Gasteiger partial charge in [0.05, 0.1) is 0 Å². The number of carbonyl (C=O) groups is 1. The van der Waals surface area contributed by atoms with E-state index in [0.717, 1.165) is 0 Å². The fourth-order valence-corrected chi connectivity index (χ4v) is 0.873. The maximum absolute atomic E-state index is 10.8. The lowest BCUT2D eigenvalue weighted by molar-refractivity contribution is -0.113. The fourth-order valence-electron chi connectivity index (χ4n) is 0.721. The summed E-state index contributed by atoms with van der Waals surface area (Å²) in [5.74, 6) is 0.634. The van der Waals surface area contributed by atoms with Crippen LogP contribution in [0.4, 0.5) is 0 Å². The van der Waals surface area contributed by atoms with E-state index in [9.17, 15) is 4.79 Å². The predicted molar refractivity (Wildman–Crippen MR) is 48.1 cm³/mol. The molecule has 0 saturated heterocycles. The molecule has 0 amide bonds. The van der Waals surface area contributed by atoms with Crippen molar-refractivity contribution in [3.63, 3.8) is 0 Å². The average Bonchev–Trinajstić information content (AvgIpc) is 2.35. The van der Waals surface area contributed by atoms with Gasteiger partial charge in [-0.1, -0.05) is 0 Å². The summed E-state index contributed by atoms with van der Waals surface area (Å²) in [6.07, 6.45) is 1.66. The minimum atomic E-state index is 0.0301.